The molecule has 3 fully saturated rings. The molecule has 0 aromatic rings. The Morgan fingerprint density at radius 3 is 2.43 bits per heavy atom. The van der Waals surface area contributed by atoms with E-state index in [2.05, 4.69) is 6.92 Å². The summed E-state index contributed by atoms with van der Waals surface area (Å²) in [6, 6.07) is 0. The van der Waals surface area contributed by atoms with Gasteiger partial charge in [-0.05, 0) is 56.6 Å². The summed E-state index contributed by atoms with van der Waals surface area (Å²) < 4.78 is 41.4. The van der Waals surface area contributed by atoms with Crippen molar-refractivity contribution in [3.63, 3.8) is 0 Å². The molecule has 4 rings (SSSR count). The predicted octanol–water partition coefficient (Wildman–Crippen LogP) is 4.33. The number of aliphatic hydroxyl groups excluding tert-OH is 2. The second-order valence-corrected chi connectivity index (χ2v) is 15.0. The largest absolute Gasteiger partial charge is 0.466 e. The lowest BCUT2D eigenvalue weighted by Gasteiger charge is -2.51. The lowest BCUT2D eigenvalue weighted by molar-refractivity contribution is -0.327. The van der Waals surface area contributed by atoms with Crippen LogP contribution in [0.15, 0.2) is 23.8 Å². The third-order valence-corrected chi connectivity index (χ3v) is 10.3. The van der Waals surface area contributed by atoms with Crippen molar-refractivity contribution in [2.45, 2.75) is 172 Å². The highest BCUT2D eigenvalue weighted by Crippen LogP contribution is 2.47. The molecule has 6 bridgehead atoms. The second-order valence-electron chi connectivity index (χ2n) is 15.0. The molecule has 2 unspecified atom stereocenters. The molecule has 0 spiro atoms. The molecule has 13 nitrogen and oxygen atoms in total. The molecule has 0 radical (unpaired) electrons. The molecule has 0 amide bonds. The standard InChI is InChI=1S/C38H60O13/c1-5-6-7-8-9-13-32(41)50-36-25(19-33(42)45-4)18-30-23-31(24-39)48-34(43)21-26(40)20-27-11-10-12-28(47-27)22-29-15-17-46-35(49-29)14-16-37(2,3)38(36,44)51-30/h14,16,19,26-31,35-36,39-40,44H,5-13,15,17-18,20-24H2,1-4H3/b16-14-,25-19+/t26-,27+,28?,29?,30+,31-,35+,36+,38-/m1/s1. The van der Waals surface area contributed by atoms with Crippen molar-refractivity contribution in [1.82, 2.24) is 0 Å². The van der Waals surface area contributed by atoms with Crippen LogP contribution in [0.1, 0.15) is 117 Å². The van der Waals surface area contributed by atoms with Crippen LogP contribution in [-0.2, 0) is 47.5 Å². The minimum atomic E-state index is -2.25. The summed E-state index contributed by atoms with van der Waals surface area (Å²) in [5.41, 5.74) is -1.04. The lowest BCUT2D eigenvalue weighted by atomic mass is 9.74. The van der Waals surface area contributed by atoms with Gasteiger partial charge in [0.1, 0.15) is 6.10 Å². The van der Waals surface area contributed by atoms with Gasteiger partial charge in [0.05, 0.1) is 57.3 Å². The first kappa shape index (κ1) is 41.4. The number of esters is 3. The van der Waals surface area contributed by atoms with Gasteiger partial charge in [-0.15, -0.1) is 0 Å². The van der Waals surface area contributed by atoms with E-state index in [4.69, 9.17) is 33.2 Å². The SMILES string of the molecule is CCCCCCCC(=O)O[C@H]1/C(=C/C(=O)OC)C[C@H]2C[C@H](CO)OC(=O)C[C@H](O)C[C@@H]3CCCC(CC4CCO[C@H](/C=C\C(C)(C)[C@]1(O)O2)O4)O3. The number of cyclic esters (lactones) is 1. The first-order chi connectivity index (χ1) is 24.3. The number of fused-ring (bicyclic) bond motifs is 6. The van der Waals surface area contributed by atoms with Gasteiger partial charge in [-0.1, -0.05) is 52.5 Å². The maximum absolute atomic E-state index is 13.3. The molecule has 4 aliphatic rings. The maximum Gasteiger partial charge on any atom is 0.330 e. The first-order valence-corrected chi connectivity index (χ1v) is 18.8. The smallest absolute Gasteiger partial charge is 0.330 e. The third kappa shape index (κ3) is 12.1. The van der Waals surface area contributed by atoms with Crippen molar-refractivity contribution < 1.29 is 62.9 Å². The Bertz CT molecular complexity index is 1200. The summed E-state index contributed by atoms with van der Waals surface area (Å²) in [6.45, 7) is 5.42. The lowest BCUT2D eigenvalue weighted by Crippen LogP contribution is -2.62. The first-order valence-electron chi connectivity index (χ1n) is 18.8. The fourth-order valence-corrected chi connectivity index (χ4v) is 7.38. The minimum absolute atomic E-state index is 0.000953. The molecule has 51 heavy (non-hydrogen) atoms. The van der Waals surface area contributed by atoms with E-state index < -0.39 is 66.4 Å². The van der Waals surface area contributed by atoms with Gasteiger partial charge in [0.25, 0.3) is 0 Å². The molecule has 0 aromatic heterocycles. The molecule has 3 saturated heterocycles. The molecule has 290 valence electrons. The normalized spacial score (nSPS) is 36.4. The van der Waals surface area contributed by atoms with Crippen LogP contribution in [0.5, 0.6) is 0 Å². The van der Waals surface area contributed by atoms with Crippen LogP contribution < -0.4 is 0 Å². The van der Waals surface area contributed by atoms with Crippen LogP contribution in [0.25, 0.3) is 0 Å². The van der Waals surface area contributed by atoms with Gasteiger partial charge in [-0.25, -0.2) is 4.79 Å². The van der Waals surface area contributed by atoms with E-state index in [-0.39, 0.29) is 56.0 Å². The summed E-state index contributed by atoms with van der Waals surface area (Å²) in [6.07, 6.45) is 7.50. The fourth-order valence-electron chi connectivity index (χ4n) is 7.38. The Morgan fingerprint density at radius 1 is 0.980 bits per heavy atom. The van der Waals surface area contributed by atoms with Crippen LogP contribution in [-0.4, -0.2) is 108 Å². The zero-order chi connectivity index (χ0) is 37.0. The predicted molar refractivity (Wildman–Crippen MR) is 184 cm³/mol. The van der Waals surface area contributed by atoms with Gasteiger partial charge in [-0.2, -0.15) is 0 Å². The van der Waals surface area contributed by atoms with Crippen molar-refractivity contribution in [2.75, 3.05) is 20.3 Å². The van der Waals surface area contributed by atoms with Gasteiger partial charge < -0.3 is 48.5 Å². The summed E-state index contributed by atoms with van der Waals surface area (Å²) in [5, 5.41) is 33.6. The topological polar surface area (TPSA) is 177 Å². The van der Waals surface area contributed by atoms with E-state index in [0.717, 1.165) is 44.9 Å². The molecular weight excluding hydrogens is 664 g/mol. The van der Waals surface area contributed by atoms with Gasteiger partial charge in [0.2, 0.25) is 5.79 Å². The number of rotatable bonds is 9. The van der Waals surface area contributed by atoms with Crippen LogP contribution in [0, 0.1) is 5.41 Å². The number of unbranched alkanes of at least 4 members (excludes halogenated alkanes) is 4. The molecule has 0 aliphatic carbocycles. The summed E-state index contributed by atoms with van der Waals surface area (Å²) in [5.74, 6) is -4.21. The number of carbonyl (C=O) groups excluding carboxylic acids is 3. The van der Waals surface area contributed by atoms with Crippen molar-refractivity contribution >= 4 is 17.9 Å². The second kappa shape index (κ2) is 19.6. The van der Waals surface area contributed by atoms with Gasteiger partial charge in [0.15, 0.2) is 12.4 Å². The quantitative estimate of drug-likeness (QED) is 0.101. The fraction of sp³-hybridized carbons (Fsp3) is 0.816. The van der Waals surface area contributed by atoms with E-state index >= 15 is 0 Å². The molecule has 9 atom stereocenters. The average molecular weight is 725 g/mol. The van der Waals surface area contributed by atoms with Crippen LogP contribution in [0.2, 0.25) is 0 Å². The monoisotopic (exact) mass is 724 g/mol. The number of aliphatic hydroxyl groups is 3. The molecule has 0 aromatic carbocycles. The van der Waals surface area contributed by atoms with Crippen molar-refractivity contribution in [1.29, 1.82) is 0 Å². The molecular formula is C38H60O13. The number of ether oxygens (including phenoxy) is 7. The van der Waals surface area contributed by atoms with Gasteiger partial charge >= 0.3 is 17.9 Å². The zero-order valence-corrected chi connectivity index (χ0v) is 30.8. The number of methoxy groups -OCH3 is 1. The number of hydrogen-bond acceptors (Lipinski definition) is 13. The summed E-state index contributed by atoms with van der Waals surface area (Å²) >= 11 is 0. The van der Waals surface area contributed by atoms with Crippen LogP contribution >= 0.6 is 0 Å². The third-order valence-electron chi connectivity index (χ3n) is 10.3. The molecule has 3 N–H and O–H groups in total. The Labute approximate surface area is 302 Å². The minimum Gasteiger partial charge on any atom is -0.466 e. The van der Waals surface area contributed by atoms with E-state index in [1.54, 1.807) is 26.0 Å². The molecule has 0 saturated carbocycles. The summed E-state index contributed by atoms with van der Waals surface area (Å²) in [4.78, 5) is 38.9. The highest BCUT2D eigenvalue weighted by Gasteiger charge is 2.57. The van der Waals surface area contributed by atoms with E-state index in [9.17, 15) is 29.7 Å². The van der Waals surface area contributed by atoms with Gasteiger partial charge in [-0.3, -0.25) is 9.59 Å². The maximum atomic E-state index is 13.3. The van der Waals surface area contributed by atoms with E-state index in [1.807, 2.05) is 0 Å². The number of hydrogen-bond donors (Lipinski definition) is 3. The van der Waals surface area contributed by atoms with E-state index in [0.29, 0.717) is 25.9 Å². The zero-order valence-electron chi connectivity index (χ0n) is 30.8. The van der Waals surface area contributed by atoms with Crippen LogP contribution in [0.3, 0.4) is 0 Å². The molecule has 4 aliphatic heterocycles. The van der Waals surface area contributed by atoms with E-state index in [1.165, 1.54) is 13.2 Å². The Balaban J connectivity index is 1.68. The highest BCUT2D eigenvalue weighted by molar-refractivity contribution is 5.83. The van der Waals surface area contributed by atoms with Gasteiger partial charge in [0, 0.05) is 30.8 Å². The Hall–Kier alpha value is -2.39. The molecule has 13 heteroatoms. The number of carbonyl (C=O) groups is 3. The highest BCUT2D eigenvalue weighted by atomic mass is 16.7. The van der Waals surface area contributed by atoms with Crippen molar-refractivity contribution in [3.05, 3.63) is 23.8 Å². The summed E-state index contributed by atoms with van der Waals surface area (Å²) in [7, 11) is 1.22. The van der Waals surface area contributed by atoms with Crippen LogP contribution in [0.4, 0.5) is 0 Å². The van der Waals surface area contributed by atoms with Crippen molar-refractivity contribution in [2.24, 2.45) is 5.41 Å². The average Bonchev–Trinajstić information content (AvgIpc) is 3.08. The Kier molecular flexibility index (Phi) is 15.9. The van der Waals surface area contributed by atoms with Crippen molar-refractivity contribution in [3.8, 4) is 0 Å². The molecule has 4 heterocycles. The Morgan fingerprint density at radius 2 is 1.71 bits per heavy atom.